The Hall–Kier alpha value is -0.100. The molecule has 1 saturated heterocycles. The van der Waals surface area contributed by atoms with Crippen molar-refractivity contribution in [3.63, 3.8) is 0 Å². The van der Waals surface area contributed by atoms with E-state index in [4.69, 9.17) is 0 Å². The molecule has 0 aromatic heterocycles. The van der Waals surface area contributed by atoms with Crippen LogP contribution >= 0.6 is 15.9 Å². The fraction of sp³-hybridized carbons (Fsp3) is 0.900. The molecule has 2 atom stereocenters. The Morgan fingerprint density at radius 2 is 2.25 bits per heavy atom. The topological polar surface area (TPSA) is 63.2 Å². The molecular formula is C10H18BrNO3S. The number of amides is 1. The number of sulfone groups is 1. The number of hydrogen-bond donors (Lipinski definition) is 1. The fourth-order valence-electron chi connectivity index (χ4n) is 1.70. The van der Waals surface area contributed by atoms with Gasteiger partial charge in [0.25, 0.3) is 0 Å². The molecule has 1 aliphatic rings. The monoisotopic (exact) mass is 311 g/mol. The first-order valence-electron chi connectivity index (χ1n) is 5.57. The summed E-state index contributed by atoms with van der Waals surface area (Å²) in [5, 5.41) is 2.79. The maximum Gasteiger partial charge on any atom is 0.224 e. The largest absolute Gasteiger partial charge is 0.356 e. The maximum atomic E-state index is 11.6. The van der Waals surface area contributed by atoms with Gasteiger partial charge in [-0.15, -0.1) is 0 Å². The molecule has 94 valence electrons. The average Bonchev–Trinajstić information content (AvgIpc) is 2.58. The lowest BCUT2D eigenvalue weighted by Crippen LogP contribution is -2.32. The van der Waals surface area contributed by atoms with Gasteiger partial charge < -0.3 is 5.32 Å². The molecule has 2 unspecified atom stereocenters. The standard InChI is InChI=1S/C10H18BrNO3S/c1-2-9(11)3-5-12-10(13)8-4-6-16(14,15)7-8/h8-9H,2-7H2,1H3,(H,12,13). The summed E-state index contributed by atoms with van der Waals surface area (Å²) in [6, 6.07) is 0. The third kappa shape index (κ3) is 4.41. The van der Waals surface area contributed by atoms with E-state index in [-0.39, 0.29) is 23.3 Å². The highest BCUT2D eigenvalue weighted by Gasteiger charge is 2.32. The van der Waals surface area contributed by atoms with E-state index >= 15 is 0 Å². The van der Waals surface area contributed by atoms with Gasteiger partial charge in [-0.1, -0.05) is 22.9 Å². The Bertz CT molecular complexity index is 342. The van der Waals surface area contributed by atoms with Crippen molar-refractivity contribution in [3.8, 4) is 0 Å². The van der Waals surface area contributed by atoms with Crippen molar-refractivity contribution < 1.29 is 13.2 Å². The summed E-state index contributed by atoms with van der Waals surface area (Å²) in [5.41, 5.74) is 0. The Morgan fingerprint density at radius 3 is 2.75 bits per heavy atom. The zero-order chi connectivity index (χ0) is 12.2. The average molecular weight is 312 g/mol. The van der Waals surface area contributed by atoms with Crippen molar-refractivity contribution in [2.24, 2.45) is 5.92 Å². The molecule has 1 heterocycles. The number of hydrogen-bond acceptors (Lipinski definition) is 3. The molecule has 0 spiro atoms. The van der Waals surface area contributed by atoms with Crippen molar-refractivity contribution in [3.05, 3.63) is 0 Å². The molecule has 1 rings (SSSR count). The molecular weight excluding hydrogens is 294 g/mol. The Kier molecular flexibility index (Phi) is 5.24. The lowest BCUT2D eigenvalue weighted by Gasteiger charge is -2.11. The molecule has 0 aromatic rings. The highest BCUT2D eigenvalue weighted by molar-refractivity contribution is 9.09. The minimum Gasteiger partial charge on any atom is -0.356 e. The minimum absolute atomic E-state index is 0.0182. The number of alkyl halides is 1. The van der Waals surface area contributed by atoms with Crippen LogP contribution in [0.2, 0.25) is 0 Å². The number of rotatable bonds is 5. The maximum absolute atomic E-state index is 11.6. The van der Waals surface area contributed by atoms with Crippen LogP contribution in [-0.2, 0) is 14.6 Å². The van der Waals surface area contributed by atoms with Crippen molar-refractivity contribution in [2.45, 2.75) is 31.0 Å². The van der Waals surface area contributed by atoms with Crippen LogP contribution in [0.1, 0.15) is 26.2 Å². The zero-order valence-electron chi connectivity index (χ0n) is 9.41. The van der Waals surface area contributed by atoms with Gasteiger partial charge in [0.1, 0.15) is 0 Å². The highest BCUT2D eigenvalue weighted by atomic mass is 79.9. The smallest absolute Gasteiger partial charge is 0.224 e. The molecule has 0 aromatic carbocycles. The molecule has 1 fully saturated rings. The van der Waals surface area contributed by atoms with Gasteiger partial charge in [0.2, 0.25) is 5.91 Å². The van der Waals surface area contributed by atoms with Crippen LogP contribution in [0.5, 0.6) is 0 Å². The van der Waals surface area contributed by atoms with E-state index in [9.17, 15) is 13.2 Å². The van der Waals surface area contributed by atoms with E-state index in [2.05, 4.69) is 28.2 Å². The van der Waals surface area contributed by atoms with E-state index in [1.165, 1.54) is 0 Å². The molecule has 1 aliphatic heterocycles. The molecule has 16 heavy (non-hydrogen) atoms. The summed E-state index contributed by atoms with van der Waals surface area (Å²) in [6.07, 6.45) is 2.37. The molecule has 0 bridgehead atoms. The minimum atomic E-state index is -2.96. The van der Waals surface area contributed by atoms with Crippen LogP contribution in [0.15, 0.2) is 0 Å². The number of nitrogens with one attached hydrogen (secondary N) is 1. The van der Waals surface area contributed by atoms with E-state index in [0.717, 1.165) is 12.8 Å². The van der Waals surface area contributed by atoms with Crippen LogP contribution in [0, 0.1) is 5.92 Å². The van der Waals surface area contributed by atoms with Gasteiger partial charge in [0.15, 0.2) is 9.84 Å². The first-order chi connectivity index (χ1) is 7.44. The van der Waals surface area contributed by atoms with Crippen molar-refractivity contribution in [2.75, 3.05) is 18.1 Å². The summed E-state index contributed by atoms with van der Waals surface area (Å²) < 4.78 is 22.4. The molecule has 1 N–H and O–H groups in total. The van der Waals surface area contributed by atoms with Gasteiger partial charge in [-0.2, -0.15) is 0 Å². The van der Waals surface area contributed by atoms with Gasteiger partial charge in [-0.25, -0.2) is 8.42 Å². The number of carbonyl (C=O) groups is 1. The quantitative estimate of drug-likeness (QED) is 0.773. The van der Waals surface area contributed by atoms with Crippen molar-refractivity contribution in [1.82, 2.24) is 5.32 Å². The summed E-state index contributed by atoms with van der Waals surface area (Å²) in [7, 11) is -2.96. The third-order valence-electron chi connectivity index (χ3n) is 2.80. The van der Waals surface area contributed by atoms with Crippen LogP contribution in [0.4, 0.5) is 0 Å². The van der Waals surface area contributed by atoms with E-state index in [0.29, 0.717) is 17.8 Å². The molecule has 0 radical (unpaired) electrons. The fourth-order valence-corrected chi connectivity index (χ4v) is 3.67. The van der Waals surface area contributed by atoms with Gasteiger partial charge in [-0.3, -0.25) is 4.79 Å². The number of carbonyl (C=O) groups excluding carboxylic acids is 1. The second-order valence-electron chi connectivity index (χ2n) is 4.19. The normalized spacial score (nSPS) is 25.2. The van der Waals surface area contributed by atoms with Gasteiger partial charge in [0, 0.05) is 11.4 Å². The summed E-state index contributed by atoms with van der Waals surface area (Å²) >= 11 is 3.48. The Morgan fingerprint density at radius 1 is 1.56 bits per heavy atom. The van der Waals surface area contributed by atoms with Crippen molar-refractivity contribution in [1.29, 1.82) is 0 Å². The van der Waals surface area contributed by atoms with Crippen LogP contribution in [-0.4, -0.2) is 37.2 Å². The molecule has 4 nitrogen and oxygen atoms in total. The third-order valence-corrected chi connectivity index (χ3v) is 5.68. The lowest BCUT2D eigenvalue weighted by atomic mass is 10.1. The summed E-state index contributed by atoms with van der Waals surface area (Å²) in [6.45, 7) is 2.68. The summed E-state index contributed by atoms with van der Waals surface area (Å²) in [5.74, 6) is -0.275. The van der Waals surface area contributed by atoms with Gasteiger partial charge in [-0.05, 0) is 19.3 Å². The summed E-state index contributed by atoms with van der Waals surface area (Å²) in [4.78, 5) is 12.0. The second kappa shape index (κ2) is 6.00. The SMILES string of the molecule is CCC(Br)CCNC(=O)C1CCS(=O)(=O)C1. The molecule has 6 heteroatoms. The van der Waals surface area contributed by atoms with Gasteiger partial charge in [0.05, 0.1) is 17.4 Å². The molecule has 0 saturated carbocycles. The molecule has 1 amide bonds. The van der Waals surface area contributed by atoms with Crippen molar-refractivity contribution >= 4 is 31.7 Å². The van der Waals surface area contributed by atoms with E-state index in [1.807, 2.05) is 0 Å². The Balaban J connectivity index is 2.26. The second-order valence-corrected chi connectivity index (χ2v) is 7.71. The van der Waals surface area contributed by atoms with Crippen LogP contribution in [0.25, 0.3) is 0 Å². The van der Waals surface area contributed by atoms with Crippen LogP contribution in [0.3, 0.4) is 0 Å². The highest BCUT2D eigenvalue weighted by Crippen LogP contribution is 2.18. The lowest BCUT2D eigenvalue weighted by molar-refractivity contribution is -0.124. The van der Waals surface area contributed by atoms with Crippen LogP contribution < -0.4 is 5.32 Å². The molecule has 0 aliphatic carbocycles. The Labute approximate surface area is 105 Å². The zero-order valence-corrected chi connectivity index (χ0v) is 11.8. The first kappa shape index (κ1) is 14.0. The van der Waals surface area contributed by atoms with E-state index < -0.39 is 9.84 Å². The number of halogens is 1. The predicted molar refractivity (Wildman–Crippen MR) is 67.4 cm³/mol. The first-order valence-corrected chi connectivity index (χ1v) is 8.30. The van der Waals surface area contributed by atoms with E-state index in [1.54, 1.807) is 0 Å². The van der Waals surface area contributed by atoms with Gasteiger partial charge >= 0.3 is 0 Å². The predicted octanol–water partition coefficient (Wildman–Crippen LogP) is 1.10.